The van der Waals surface area contributed by atoms with E-state index in [1.807, 2.05) is 26.0 Å². The van der Waals surface area contributed by atoms with Gasteiger partial charge < -0.3 is 9.47 Å². The molecule has 2 rings (SSSR count). The highest BCUT2D eigenvalue weighted by Crippen LogP contribution is 2.34. The van der Waals surface area contributed by atoms with Crippen molar-refractivity contribution in [3.8, 4) is 17.2 Å². The summed E-state index contributed by atoms with van der Waals surface area (Å²) in [7, 11) is 1.70. The summed E-state index contributed by atoms with van der Waals surface area (Å²) in [5.74, 6) is 2.73. The molecule has 0 spiro atoms. The fraction of sp³-hybridized carbons (Fsp3) is 0.333. The first-order chi connectivity index (χ1) is 9.42. The van der Waals surface area contributed by atoms with Gasteiger partial charge in [-0.2, -0.15) is 0 Å². The SMILES string of the molecule is COc1c(C)cc(Oc2c(C)cc(C)cc2C)cc1C. The number of hydrogen-bond acceptors (Lipinski definition) is 2. The minimum Gasteiger partial charge on any atom is -0.496 e. The fourth-order valence-corrected chi connectivity index (χ4v) is 2.74. The van der Waals surface area contributed by atoms with Crippen LogP contribution in [0.2, 0.25) is 0 Å². The zero-order valence-electron chi connectivity index (χ0n) is 13.1. The van der Waals surface area contributed by atoms with E-state index in [9.17, 15) is 0 Å². The fourth-order valence-electron chi connectivity index (χ4n) is 2.74. The summed E-state index contributed by atoms with van der Waals surface area (Å²) in [5, 5.41) is 0. The lowest BCUT2D eigenvalue weighted by Crippen LogP contribution is -1.95. The molecular formula is C18H22O2. The van der Waals surface area contributed by atoms with Crippen molar-refractivity contribution in [2.24, 2.45) is 0 Å². The first-order valence-electron chi connectivity index (χ1n) is 6.83. The van der Waals surface area contributed by atoms with Crippen LogP contribution in [0, 0.1) is 34.6 Å². The maximum atomic E-state index is 6.10. The third-order valence-electron chi connectivity index (χ3n) is 3.46. The molecule has 0 saturated heterocycles. The summed E-state index contributed by atoms with van der Waals surface area (Å²) in [6.45, 7) is 10.3. The predicted octanol–water partition coefficient (Wildman–Crippen LogP) is 5.03. The van der Waals surface area contributed by atoms with Gasteiger partial charge in [-0.25, -0.2) is 0 Å². The van der Waals surface area contributed by atoms with E-state index in [1.54, 1.807) is 7.11 Å². The molecule has 0 aliphatic heterocycles. The average molecular weight is 270 g/mol. The summed E-state index contributed by atoms with van der Waals surface area (Å²) < 4.78 is 11.5. The Morgan fingerprint density at radius 3 is 1.55 bits per heavy atom. The number of hydrogen-bond donors (Lipinski definition) is 0. The summed E-state index contributed by atoms with van der Waals surface area (Å²) in [5.41, 5.74) is 5.76. The van der Waals surface area contributed by atoms with E-state index in [2.05, 4.69) is 32.9 Å². The Morgan fingerprint density at radius 2 is 1.10 bits per heavy atom. The van der Waals surface area contributed by atoms with Gasteiger partial charge in [-0.05, 0) is 69.0 Å². The van der Waals surface area contributed by atoms with E-state index in [0.717, 1.165) is 39.5 Å². The first kappa shape index (κ1) is 14.4. The van der Waals surface area contributed by atoms with Gasteiger partial charge in [0.2, 0.25) is 0 Å². The molecule has 0 unspecified atom stereocenters. The van der Waals surface area contributed by atoms with Crippen molar-refractivity contribution in [2.45, 2.75) is 34.6 Å². The molecule has 2 heteroatoms. The highest BCUT2D eigenvalue weighted by Gasteiger charge is 2.10. The molecular weight excluding hydrogens is 248 g/mol. The molecule has 2 nitrogen and oxygen atoms in total. The van der Waals surface area contributed by atoms with Gasteiger partial charge in [-0.3, -0.25) is 0 Å². The second kappa shape index (κ2) is 5.58. The number of rotatable bonds is 3. The quantitative estimate of drug-likeness (QED) is 0.778. The molecule has 0 aromatic heterocycles. The van der Waals surface area contributed by atoms with E-state index in [4.69, 9.17) is 9.47 Å². The Kier molecular flexibility index (Phi) is 4.03. The van der Waals surface area contributed by atoms with Gasteiger partial charge in [0, 0.05) is 0 Å². The van der Waals surface area contributed by atoms with Crippen molar-refractivity contribution >= 4 is 0 Å². The van der Waals surface area contributed by atoms with Crippen LogP contribution in [0.15, 0.2) is 24.3 Å². The second-order valence-electron chi connectivity index (χ2n) is 5.42. The zero-order valence-corrected chi connectivity index (χ0v) is 13.1. The molecule has 0 radical (unpaired) electrons. The van der Waals surface area contributed by atoms with Crippen LogP contribution in [0.25, 0.3) is 0 Å². The van der Waals surface area contributed by atoms with Gasteiger partial charge in [-0.1, -0.05) is 17.7 Å². The largest absolute Gasteiger partial charge is 0.496 e. The topological polar surface area (TPSA) is 18.5 Å². The van der Waals surface area contributed by atoms with Gasteiger partial charge in [0.1, 0.15) is 17.2 Å². The number of methoxy groups -OCH3 is 1. The number of benzene rings is 2. The summed E-state index contributed by atoms with van der Waals surface area (Å²) in [6.07, 6.45) is 0. The monoisotopic (exact) mass is 270 g/mol. The Labute approximate surface area is 121 Å². The molecule has 0 N–H and O–H groups in total. The van der Waals surface area contributed by atoms with Gasteiger partial charge in [0.15, 0.2) is 0 Å². The number of ether oxygens (including phenoxy) is 2. The van der Waals surface area contributed by atoms with Gasteiger partial charge in [-0.15, -0.1) is 0 Å². The molecule has 2 aromatic carbocycles. The smallest absolute Gasteiger partial charge is 0.133 e. The average Bonchev–Trinajstić information content (AvgIpc) is 2.33. The maximum Gasteiger partial charge on any atom is 0.133 e. The molecule has 0 heterocycles. The van der Waals surface area contributed by atoms with Crippen molar-refractivity contribution in [2.75, 3.05) is 7.11 Å². The lowest BCUT2D eigenvalue weighted by atomic mass is 10.1. The Hall–Kier alpha value is -1.96. The van der Waals surface area contributed by atoms with E-state index >= 15 is 0 Å². The molecule has 0 aliphatic rings. The van der Waals surface area contributed by atoms with Crippen LogP contribution in [0.5, 0.6) is 17.2 Å². The molecule has 0 saturated carbocycles. The number of aryl methyl sites for hydroxylation is 5. The summed E-state index contributed by atoms with van der Waals surface area (Å²) >= 11 is 0. The lowest BCUT2D eigenvalue weighted by molar-refractivity contribution is 0.406. The van der Waals surface area contributed by atoms with E-state index < -0.39 is 0 Å². The third kappa shape index (κ3) is 2.79. The molecule has 106 valence electrons. The first-order valence-corrected chi connectivity index (χ1v) is 6.83. The highest BCUT2D eigenvalue weighted by molar-refractivity contribution is 5.50. The molecule has 0 bridgehead atoms. The normalized spacial score (nSPS) is 10.5. The Morgan fingerprint density at radius 1 is 0.650 bits per heavy atom. The lowest BCUT2D eigenvalue weighted by Gasteiger charge is -2.15. The minimum absolute atomic E-state index is 0.857. The van der Waals surface area contributed by atoms with Crippen LogP contribution in [0.4, 0.5) is 0 Å². The molecule has 0 atom stereocenters. The van der Waals surface area contributed by atoms with Gasteiger partial charge in [0.05, 0.1) is 7.11 Å². The molecule has 2 aromatic rings. The summed E-state index contributed by atoms with van der Waals surface area (Å²) in [4.78, 5) is 0. The molecule has 0 aliphatic carbocycles. The van der Waals surface area contributed by atoms with Crippen LogP contribution in [0.3, 0.4) is 0 Å². The van der Waals surface area contributed by atoms with Crippen molar-refractivity contribution in [3.63, 3.8) is 0 Å². The standard InChI is InChI=1S/C18H22O2/c1-11-7-12(2)18(13(3)8-11)20-16-9-14(4)17(19-6)15(5)10-16/h7-10H,1-6H3. The van der Waals surface area contributed by atoms with Crippen LogP contribution >= 0.6 is 0 Å². The van der Waals surface area contributed by atoms with Crippen molar-refractivity contribution < 1.29 is 9.47 Å². The van der Waals surface area contributed by atoms with Crippen LogP contribution in [-0.2, 0) is 0 Å². The Balaban J connectivity index is 2.41. The van der Waals surface area contributed by atoms with Gasteiger partial charge >= 0.3 is 0 Å². The van der Waals surface area contributed by atoms with Gasteiger partial charge in [0.25, 0.3) is 0 Å². The zero-order chi connectivity index (χ0) is 14.9. The van der Waals surface area contributed by atoms with Crippen LogP contribution < -0.4 is 9.47 Å². The van der Waals surface area contributed by atoms with Crippen molar-refractivity contribution in [1.29, 1.82) is 0 Å². The van der Waals surface area contributed by atoms with E-state index in [-0.39, 0.29) is 0 Å². The predicted molar refractivity (Wildman–Crippen MR) is 83.2 cm³/mol. The molecule has 20 heavy (non-hydrogen) atoms. The third-order valence-corrected chi connectivity index (χ3v) is 3.46. The van der Waals surface area contributed by atoms with Crippen molar-refractivity contribution in [1.82, 2.24) is 0 Å². The second-order valence-corrected chi connectivity index (χ2v) is 5.42. The van der Waals surface area contributed by atoms with E-state index in [0.29, 0.717) is 0 Å². The van der Waals surface area contributed by atoms with Crippen LogP contribution in [0.1, 0.15) is 27.8 Å². The molecule has 0 amide bonds. The summed E-state index contributed by atoms with van der Waals surface area (Å²) in [6, 6.07) is 8.33. The van der Waals surface area contributed by atoms with E-state index in [1.165, 1.54) is 5.56 Å². The molecule has 0 fully saturated rings. The Bertz CT molecular complexity index is 596. The highest BCUT2D eigenvalue weighted by atomic mass is 16.5. The maximum absolute atomic E-state index is 6.10. The van der Waals surface area contributed by atoms with Crippen LogP contribution in [-0.4, -0.2) is 7.11 Å². The minimum atomic E-state index is 0.857. The van der Waals surface area contributed by atoms with Crippen molar-refractivity contribution in [3.05, 3.63) is 52.1 Å².